The lowest BCUT2D eigenvalue weighted by molar-refractivity contribution is 0.00329. The van der Waals surface area contributed by atoms with Crippen LogP contribution in [0.15, 0.2) is 54.6 Å². The van der Waals surface area contributed by atoms with E-state index >= 15 is 0 Å². The maximum atomic E-state index is 6.16. The third-order valence-corrected chi connectivity index (χ3v) is 3.41. The Hall–Kier alpha value is -1.68. The third-order valence-electron chi connectivity index (χ3n) is 3.41. The van der Waals surface area contributed by atoms with Gasteiger partial charge in [-0.25, -0.2) is 0 Å². The van der Waals surface area contributed by atoms with Gasteiger partial charge in [0.2, 0.25) is 0 Å². The highest BCUT2D eigenvalue weighted by molar-refractivity contribution is 5.63. The molecule has 0 radical (unpaired) electrons. The molecule has 112 valence electrons. The molecule has 3 heteroatoms. The van der Waals surface area contributed by atoms with Crippen molar-refractivity contribution in [2.45, 2.75) is 19.1 Å². The van der Waals surface area contributed by atoms with Crippen LogP contribution in [0.5, 0.6) is 0 Å². The van der Waals surface area contributed by atoms with Crippen molar-refractivity contribution in [2.24, 2.45) is 5.73 Å². The molecule has 3 nitrogen and oxygen atoms in total. The average molecular weight is 285 g/mol. The Morgan fingerprint density at radius 1 is 0.905 bits per heavy atom. The van der Waals surface area contributed by atoms with Crippen LogP contribution in [-0.4, -0.2) is 26.4 Å². The minimum atomic E-state index is -0.117. The van der Waals surface area contributed by atoms with Gasteiger partial charge in [0.15, 0.2) is 0 Å². The van der Waals surface area contributed by atoms with E-state index in [2.05, 4.69) is 36.4 Å². The molecular formula is C18H23NO2. The number of hydrogen-bond acceptors (Lipinski definition) is 3. The van der Waals surface area contributed by atoms with Crippen molar-refractivity contribution in [1.29, 1.82) is 0 Å². The Morgan fingerprint density at radius 3 is 2.14 bits per heavy atom. The van der Waals surface area contributed by atoms with Crippen LogP contribution in [0, 0.1) is 0 Å². The molecule has 0 spiro atoms. The van der Waals surface area contributed by atoms with Gasteiger partial charge < -0.3 is 15.2 Å². The number of rotatable bonds is 7. The minimum absolute atomic E-state index is 0.0599. The molecule has 2 atom stereocenters. The largest absolute Gasteiger partial charge is 0.382 e. The van der Waals surface area contributed by atoms with Crippen LogP contribution >= 0.6 is 0 Å². The number of hydrogen-bond donors (Lipinski definition) is 1. The maximum Gasteiger partial charge on any atom is 0.0781 e. The van der Waals surface area contributed by atoms with Gasteiger partial charge in [-0.2, -0.15) is 0 Å². The molecule has 21 heavy (non-hydrogen) atoms. The van der Waals surface area contributed by atoms with Crippen LogP contribution in [0.3, 0.4) is 0 Å². The summed E-state index contributed by atoms with van der Waals surface area (Å²) in [7, 11) is 1.67. The Morgan fingerprint density at radius 2 is 1.52 bits per heavy atom. The molecule has 0 aromatic heterocycles. The first-order valence-corrected chi connectivity index (χ1v) is 7.22. The second kappa shape index (κ2) is 7.93. The highest BCUT2D eigenvalue weighted by atomic mass is 16.5. The van der Waals surface area contributed by atoms with Crippen molar-refractivity contribution in [3.63, 3.8) is 0 Å². The van der Waals surface area contributed by atoms with E-state index in [1.807, 2.05) is 25.1 Å². The summed E-state index contributed by atoms with van der Waals surface area (Å²) in [5, 5.41) is 0. The molecule has 2 rings (SSSR count). The summed E-state index contributed by atoms with van der Waals surface area (Å²) in [6, 6.07) is 18.5. The van der Waals surface area contributed by atoms with Crippen molar-refractivity contribution >= 4 is 0 Å². The lowest BCUT2D eigenvalue weighted by Crippen LogP contribution is -2.23. The molecule has 0 aliphatic carbocycles. The highest BCUT2D eigenvalue weighted by Gasteiger charge is 2.09. The Labute approximate surface area is 126 Å². The topological polar surface area (TPSA) is 44.5 Å². The third kappa shape index (κ3) is 4.67. The Balaban J connectivity index is 1.95. The standard InChI is InChI=1S/C18H23NO2/c1-14(12-20-2)21-13-18(19)17-10-8-16(9-11-17)15-6-4-3-5-7-15/h3-11,14,18H,12-13,19H2,1-2H3. The molecule has 2 N–H and O–H groups in total. The molecule has 0 heterocycles. The Bertz CT molecular complexity index is 525. The van der Waals surface area contributed by atoms with E-state index in [4.69, 9.17) is 15.2 Å². The number of methoxy groups -OCH3 is 1. The molecule has 0 amide bonds. The number of ether oxygens (including phenoxy) is 2. The van der Waals surface area contributed by atoms with E-state index in [9.17, 15) is 0 Å². The first-order valence-electron chi connectivity index (χ1n) is 7.22. The zero-order chi connectivity index (χ0) is 15.1. The van der Waals surface area contributed by atoms with E-state index in [1.165, 1.54) is 11.1 Å². The molecule has 2 aromatic carbocycles. The van der Waals surface area contributed by atoms with Gasteiger partial charge in [-0.1, -0.05) is 54.6 Å². The fourth-order valence-corrected chi connectivity index (χ4v) is 2.20. The van der Waals surface area contributed by atoms with Crippen LogP contribution in [0.4, 0.5) is 0 Å². The summed E-state index contributed by atoms with van der Waals surface area (Å²) >= 11 is 0. The fraction of sp³-hybridized carbons (Fsp3) is 0.333. The van der Waals surface area contributed by atoms with Gasteiger partial charge in [0.05, 0.1) is 25.4 Å². The van der Waals surface area contributed by atoms with Crippen LogP contribution in [0.1, 0.15) is 18.5 Å². The highest BCUT2D eigenvalue weighted by Crippen LogP contribution is 2.21. The van der Waals surface area contributed by atoms with Crippen molar-refractivity contribution in [1.82, 2.24) is 0 Å². The van der Waals surface area contributed by atoms with Crippen LogP contribution in [-0.2, 0) is 9.47 Å². The zero-order valence-corrected chi connectivity index (χ0v) is 12.7. The quantitative estimate of drug-likeness (QED) is 0.848. The molecule has 0 fully saturated rings. The second-order valence-electron chi connectivity index (χ2n) is 5.19. The van der Waals surface area contributed by atoms with Gasteiger partial charge >= 0.3 is 0 Å². The number of benzene rings is 2. The van der Waals surface area contributed by atoms with Crippen molar-refractivity contribution in [3.8, 4) is 11.1 Å². The van der Waals surface area contributed by atoms with E-state index in [0.717, 1.165) is 5.56 Å². The normalized spacial score (nSPS) is 13.9. The van der Waals surface area contributed by atoms with E-state index in [-0.39, 0.29) is 12.1 Å². The summed E-state index contributed by atoms with van der Waals surface area (Å²) < 4.78 is 10.7. The molecular weight excluding hydrogens is 262 g/mol. The molecule has 0 saturated carbocycles. The van der Waals surface area contributed by atoms with E-state index in [0.29, 0.717) is 13.2 Å². The molecule has 2 aromatic rings. The summed E-state index contributed by atoms with van der Waals surface area (Å²) in [5.74, 6) is 0. The summed E-state index contributed by atoms with van der Waals surface area (Å²) in [5.41, 5.74) is 9.65. The van der Waals surface area contributed by atoms with Gasteiger partial charge in [0.1, 0.15) is 0 Å². The van der Waals surface area contributed by atoms with Gasteiger partial charge in [0, 0.05) is 7.11 Å². The van der Waals surface area contributed by atoms with Crippen molar-refractivity contribution in [3.05, 3.63) is 60.2 Å². The first kappa shape index (κ1) is 15.7. The molecule has 0 aliphatic rings. The molecule has 0 saturated heterocycles. The Kier molecular flexibility index (Phi) is 5.93. The second-order valence-corrected chi connectivity index (χ2v) is 5.19. The molecule has 0 bridgehead atoms. The minimum Gasteiger partial charge on any atom is -0.382 e. The van der Waals surface area contributed by atoms with Gasteiger partial charge in [-0.3, -0.25) is 0 Å². The monoisotopic (exact) mass is 285 g/mol. The van der Waals surface area contributed by atoms with E-state index < -0.39 is 0 Å². The predicted octanol–water partition coefficient (Wildman–Crippen LogP) is 3.40. The zero-order valence-electron chi connectivity index (χ0n) is 12.7. The summed E-state index contributed by atoms with van der Waals surface area (Å²) in [6.07, 6.45) is 0.0599. The average Bonchev–Trinajstić information content (AvgIpc) is 2.54. The van der Waals surface area contributed by atoms with Crippen molar-refractivity contribution < 1.29 is 9.47 Å². The predicted molar refractivity (Wildman–Crippen MR) is 86.1 cm³/mol. The summed E-state index contributed by atoms with van der Waals surface area (Å²) in [4.78, 5) is 0. The smallest absolute Gasteiger partial charge is 0.0781 e. The molecule has 0 aliphatic heterocycles. The van der Waals surface area contributed by atoms with Crippen LogP contribution in [0.2, 0.25) is 0 Å². The SMILES string of the molecule is COCC(C)OCC(N)c1ccc(-c2ccccc2)cc1. The molecule has 2 unspecified atom stereocenters. The maximum absolute atomic E-state index is 6.16. The lowest BCUT2D eigenvalue weighted by Gasteiger charge is -2.17. The van der Waals surface area contributed by atoms with Crippen LogP contribution < -0.4 is 5.73 Å². The fourth-order valence-electron chi connectivity index (χ4n) is 2.20. The van der Waals surface area contributed by atoms with Gasteiger partial charge in [0.25, 0.3) is 0 Å². The first-order chi connectivity index (χ1) is 10.2. The lowest BCUT2D eigenvalue weighted by atomic mass is 10.0. The van der Waals surface area contributed by atoms with Crippen LogP contribution in [0.25, 0.3) is 11.1 Å². The van der Waals surface area contributed by atoms with Crippen molar-refractivity contribution in [2.75, 3.05) is 20.3 Å². The van der Waals surface area contributed by atoms with Gasteiger partial charge in [-0.15, -0.1) is 0 Å². The van der Waals surface area contributed by atoms with Gasteiger partial charge in [-0.05, 0) is 23.6 Å². The summed E-state index contributed by atoms with van der Waals surface area (Å²) in [6.45, 7) is 3.06. The van der Waals surface area contributed by atoms with E-state index in [1.54, 1.807) is 7.11 Å². The number of nitrogens with two attached hydrogens (primary N) is 1.